The predicted octanol–water partition coefficient (Wildman–Crippen LogP) is 2.14. The number of likely N-dealkylation sites (tertiary alicyclic amines) is 1. The Morgan fingerprint density at radius 1 is 1.33 bits per heavy atom. The molecule has 1 saturated heterocycles. The Labute approximate surface area is 167 Å². The van der Waals surface area contributed by atoms with Gasteiger partial charge < -0.3 is 10.3 Å². The van der Waals surface area contributed by atoms with Gasteiger partial charge in [-0.2, -0.15) is 0 Å². The molecule has 1 aromatic rings. The molecule has 2 atom stereocenters. The number of H-pyrrole nitrogens is 1. The minimum Gasteiger partial charge on any atom is -0.351 e. The van der Waals surface area contributed by atoms with Crippen molar-refractivity contribution in [1.29, 1.82) is 0 Å². The smallest absolute Gasteiger partial charge is 0.254 e. The van der Waals surface area contributed by atoms with Crippen LogP contribution in [0.2, 0.25) is 0 Å². The number of nitrogens with one attached hydrogen (secondary N) is 2. The first-order valence-corrected chi connectivity index (χ1v) is 9.57. The van der Waals surface area contributed by atoms with E-state index >= 15 is 0 Å². The van der Waals surface area contributed by atoms with E-state index in [2.05, 4.69) is 40.1 Å². The van der Waals surface area contributed by atoms with Gasteiger partial charge in [0.05, 0.1) is 6.42 Å². The Balaban J connectivity index is 0.00000261. The molecule has 1 amide bonds. The van der Waals surface area contributed by atoms with Crippen molar-refractivity contribution in [1.82, 2.24) is 20.2 Å². The van der Waals surface area contributed by atoms with Crippen LogP contribution in [0.5, 0.6) is 0 Å². The van der Waals surface area contributed by atoms with E-state index in [4.69, 9.17) is 0 Å². The molecule has 150 valence electrons. The number of aryl methyl sites for hydroxylation is 2. The summed E-state index contributed by atoms with van der Waals surface area (Å²) in [7, 11) is 0. The summed E-state index contributed by atoms with van der Waals surface area (Å²) in [6.45, 7) is 10.7. The largest absolute Gasteiger partial charge is 0.351 e. The van der Waals surface area contributed by atoms with Crippen LogP contribution in [-0.2, 0) is 11.2 Å². The van der Waals surface area contributed by atoms with Gasteiger partial charge in [-0.15, -0.1) is 12.4 Å². The molecule has 2 N–H and O–H groups in total. The Kier molecular flexibility index (Phi) is 7.23. The number of aromatic nitrogens is 2. The average Bonchev–Trinajstić information content (AvgIpc) is 3.33. The number of rotatable bonds is 6. The highest BCUT2D eigenvalue weighted by molar-refractivity contribution is 5.85. The fraction of sp³-hybridized carbons (Fsp3) is 0.650. The third-order valence-corrected chi connectivity index (χ3v) is 5.66. The van der Waals surface area contributed by atoms with Crippen molar-refractivity contribution >= 4 is 18.3 Å². The fourth-order valence-electron chi connectivity index (χ4n) is 4.02. The Bertz CT molecular complexity index is 770. The number of aromatic amines is 1. The Morgan fingerprint density at radius 3 is 2.63 bits per heavy atom. The van der Waals surface area contributed by atoms with Crippen LogP contribution in [-0.4, -0.2) is 46.5 Å². The lowest BCUT2D eigenvalue weighted by molar-refractivity contribution is -0.121. The molecule has 1 saturated carbocycles. The van der Waals surface area contributed by atoms with Gasteiger partial charge in [0.25, 0.3) is 5.56 Å². The Morgan fingerprint density at radius 2 is 2.04 bits per heavy atom. The molecular weight excluding hydrogens is 364 g/mol. The van der Waals surface area contributed by atoms with Crippen LogP contribution >= 0.6 is 12.4 Å². The molecule has 27 heavy (non-hydrogen) atoms. The van der Waals surface area contributed by atoms with Gasteiger partial charge in [-0.25, -0.2) is 4.98 Å². The van der Waals surface area contributed by atoms with Crippen LogP contribution in [0, 0.1) is 25.7 Å². The molecule has 7 heteroatoms. The van der Waals surface area contributed by atoms with E-state index in [0.29, 0.717) is 23.0 Å². The van der Waals surface area contributed by atoms with E-state index in [1.54, 1.807) is 13.8 Å². The second-order valence-electron chi connectivity index (χ2n) is 7.90. The van der Waals surface area contributed by atoms with Gasteiger partial charge >= 0.3 is 0 Å². The summed E-state index contributed by atoms with van der Waals surface area (Å²) < 4.78 is 0. The van der Waals surface area contributed by atoms with Gasteiger partial charge in [-0.05, 0) is 52.4 Å². The van der Waals surface area contributed by atoms with Crippen LogP contribution in [0.25, 0.3) is 0 Å². The lowest BCUT2D eigenvalue weighted by Gasteiger charge is -2.19. The zero-order valence-corrected chi connectivity index (χ0v) is 17.5. The third kappa shape index (κ3) is 5.42. The third-order valence-electron chi connectivity index (χ3n) is 5.66. The van der Waals surface area contributed by atoms with Gasteiger partial charge in [0, 0.05) is 36.9 Å². The maximum absolute atomic E-state index is 12.6. The van der Waals surface area contributed by atoms with E-state index < -0.39 is 0 Å². The molecule has 0 bridgehead atoms. The first-order chi connectivity index (χ1) is 12.4. The van der Waals surface area contributed by atoms with Crippen LogP contribution in [0.1, 0.15) is 43.8 Å². The topological polar surface area (TPSA) is 78.1 Å². The van der Waals surface area contributed by atoms with Crippen molar-refractivity contribution in [3.8, 4) is 0 Å². The van der Waals surface area contributed by atoms with E-state index in [1.807, 2.05) is 0 Å². The average molecular weight is 395 g/mol. The monoisotopic (exact) mass is 394 g/mol. The minimum absolute atomic E-state index is 0. The molecule has 0 radical (unpaired) electrons. The molecule has 2 heterocycles. The fourth-order valence-corrected chi connectivity index (χ4v) is 4.02. The number of carbonyl (C=O) groups is 1. The lowest BCUT2D eigenvalue weighted by Crippen LogP contribution is -2.42. The standard InChI is InChI=1S/C20H30N4O2.ClH/c1-5-12(2)9-24-10-17(15-6-7-15)18(11-24)23-19(25)8-16-13(3)21-14(4)22-20(16)26;/h5,15,17-18H,6-11H2,1-4H3,(H,23,25)(H,21,22,26);1H/t17-,18+;/m1./s1. The summed E-state index contributed by atoms with van der Waals surface area (Å²) in [5.74, 6) is 1.77. The summed E-state index contributed by atoms with van der Waals surface area (Å²) in [4.78, 5) is 34.1. The number of halogens is 1. The number of hydrogen-bond donors (Lipinski definition) is 2. The highest BCUT2D eigenvalue weighted by Crippen LogP contribution is 2.41. The summed E-state index contributed by atoms with van der Waals surface area (Å²) in [6.07, 6.45) is 4.79. The highest BCUT2D eigenvalue weighted by Gasteiger charge is 2.42. The quantitative estimate of drug-likeness (QED) is 0.724. The predicted molar refractivity (Wildman–Crippen MR) is 109 cm³/mol. The highest BCUT2D eigenvalue weighted by atomic mass is 35.5. The van der Waals surface area contributed by atoms with E-state index in [9.17, 15) is 9.59 Å². The first kappa shape index (κ1) is 21.6. The van der Waals surface area contributed by atoms with Gasteiger partial charge in [-0.1, -0.05) is 11.6 Å². The number of hydrogen-bond acceptors (Lipinski definition) is 4. The lowest BCUT2D eigenvalue weighted by atomic mass is 9.98. The summed E-state index contributed by atoms with van der Waals surface area (Å²) >= 11 is 0. The van der Waals surface area contributed by atoms with Crippen molar-refractivity contribution in [2.45, 2.75) is 53.0 Å². The molecular formula is C20H31ClN4O2. The number of amides is 1. The molecule has 1 aliphatic heterocycles. The summed E-state index contributed by atoms with van der Waals surface area (Å²) in [5.41, 5.74) is 2.26. The van der Waals surface area contributed by atoms with E-state index in [-0.39, 0.29) is 36.3 Å². The zero-order valence-electron chi connectivity index (χ0n) is 16.7. The van der Waals surface area contributed by atoms with Gasteiger partial charge in [0.1, 0.15) is 5.82 Å². The van der Waals surface area contributed by atoms with Crippen LogP contribution in [0.3, 0.4) is 0 Å². The van der Waals surface area contributed by atoms with Gasteiger partial charge in [0.2, 0.25) is 5.91 Å². The maximum Gasteiger partial charge on any atom is 0.254 e. The van der Waals surface area contributed by atoms with Crippen LogP contribution < -0.4 is 10.9 Å². The van der Waals surface area contributed by atoms with E-state index in [1.165, 1.54) is 18.4 Å². The van der Waals surface area contributed by atoms with Crippen molar-refractivity contribution in [3.63, 3.8) is 0 Å². The molecule has 0 spiro atoms. The molecule has 2 aliphatic rings. The van der Waals surface area contributed by atoms with Crippen molar-refractivity contribution in [3.05, 3.63) is 39.1 Å². The minimum atomic E-state index is -0.208. The molecule has 2 fully saturated rings. The first-order valence-electron chi connectivity index (χ1n) is 9.57. The number of carbonyl (C=O) groups excluding carboxylic acids is 1. The second-order valence-corrected chi connectivity index (χ2v) is 7.90. The molecule has 0 aromatic carbocycles. The second kappa shape index (κ2) is 9.02. The van der Waals surface area contributed by atoms with Crippen LogP contribution in [0.15, 0.2) is 16.4 Å². The summed E-state index contributed by atoms with van der Waals surface area (Å²) in [5, 5.41) is 3.21. The van der Waals surface area contributed by atoms with Crippen molar-refractivity contribution in [2.24, 2.45) is 11.8 Å². The van der Waals surface area contributed by atoms with Gasteiger partial charge in [-0.3, -0.25) is 14.5 Å². The Hall–Kier alpha value is -1.66. The molecule has 1 aromatic heterocycles. The van der Waals surface area contributed by atoms with Crippen molar-refractivity contribution in [2.75, 3.05) is 19.6 Å². The zero-order chi connectivity index (χ0) is 18.8. The molecule has 6 nitrogen and oxygen atoms in total. The van der Waals surface area contributed by atoms with Crippen LogP contribution in [0.4, 0.5) is 0 Å². The summed E-state index contributed by atoms with van der Waals surface area (Å²) in [6, 6.07) is 0.178. The van der Waals surface area contributed by atoms with Gasteiger partial charge in [0.15, 0.2) is 0 Å². The normalized spacial score (nSPS) is 23.2. The SMILES string of the molecule is CC=C(C)CN1C[C@H](NC(=O)Cc2c(C)nc(C)[nH]c2=O)[C@@H](C2CC2)C1.Cl. The molecule has 0 unspecified atom stereocenters. The number of nitrogens with zero attached hydrogens (tertiary/aromatic N) is 2. The van der Waals surface area contributed by atoms with E-state index in [0.717, 1.165) is 25.6 Å². The number of allylic oxidation sites excluding steroid dienone is 1. The molecule has 1 aliphatic carbocycles. The molecule has 3 rings (SSSR count). The van der Waals surface area contributed by atoms with Crippen molar-refractivity contribution < 1.29 is 4.79 Å². The maximum atomic E-state index is 12.6.